The monoisotopic (exact) mass is 402 g/mol. The van der Waals surface area contributed by atoms with Gasteiger partial charge in [0.2, 0.25) is 0 Å². The van der Waals surface area contributed by atoms with Gasteiger partial charge in [0.1, 0.15) is 0 Å². The highest BCUT2D eigenvalue weighted by molar-refractivity contribution is 14.0. The van der Waals surface area contributed by atoms with Crippen LogP contribution in [0.15, 0.2) is 35.3 Å². The average Bonchev–Trinajstić information content (AvgIpc) is 2.46. The largest absolute Gasteiger partial charge is 0.370 e. The number of rotatable bonds is 4. The van der Waals surface area contributed by atoms with Gasteiger partial charge in [0.25, 0.3) is 0 Å². The Morgan fingerprint density at radius 2 is 2.10 bits per heavy atom. The number of nitrogens with one attached hydrogen (secondary N) is 1. The fraction of sp³-hybridized carbons (Fsp3) is 0.562. The summed E-state index contributed by atoms with van der Waals surface area (Å²) in [7, 11) is 0. The van der Waals surface area contributed by atoms with Gasteiger partial charge < -0.3 is 11.1 Å². The van der Waals surface area contributed by atoms with E-state index in [-0.39, 0.29) is 24.0 Å². The van der Waals surface area contributed by atoms with Crippen molar-refractivity contribution < 1.29 is 0 Å². The molecule has 1 fully saturated rings. The molecule has 1 aliphatic heterocycles. The van der Waals surface area contributed by atoms with E-state index in [0.717, 1.165) is 12.2 Å². The summed E-state index contributed by atoms with van der Waals surface area (Å²) in [5.74, 6) is 0.493. The minimum absolute atomic E-state index is 0. The number of piperidine rings is 1. The minimum atomic E-state index is 0. The van der Waals surface area contributed by atoms with E-state index in [1.54, 1.807) is 0 Å². The van der Waals surface area contributed by atoms with E-state index in [4.69, 9.17) is 5.73 Å². The Labute approximate surface area is 145 Å². The molecule has 2 atom stereocenters. The lowest BCUT2D eigenvalue weighted by Crippen LogP contribution is -2.45. The van der Waals surface area contributed by atoms with E-state index in [2.05, 4.69) is 29.1 Å². The highest BCUT2D eigenvalue weighted by Gasteiger charge is 2.22. The van der Waals surface area contributed by atoms with Gasteiger partial charge in [-0.15, -0.1) is 24.0 Å². The molecule has 0 amide bonds. The molecule has 0 bridgehead atoms. The summed E-state index contributed by atoms with van der Waals surface area (Å²) in [6, 6.07) is 11.0. The second-order valence-corrected chi connectivity index (χ2v) is 5.65. The molecule has 2 unspecified atom stereocenters. The molecule has 1 saturated heterocycles. The van der Waals surface area contributed by atoms with Gasteiger partial charge in [0.15, 0.2) is 5.96 Å². The third-order valence-corrected chi connectivity index (χ3v) is 3.99. The van der Waals surface area contributed by atoms with E-state index in [9.17, 15) is 0 Å². The quantitative estimate of drug-likeness (QED) is 0.462. The van der Waals surface area contributed by atoms with Gasteiger partial charge in [-0.1, -0.05) is 24.6 Å². The standard InChI is InChI=1S/C16H26N4.HI/c1-13-8-6-7-11-20(13)14(2)12-18-16(17)19-15-9-4-3-5-10-15;/h3-5,9-10,13-14H,6-8,11-12H2,1-2H3,(H3,17,18,19);1H. The van der Waals surface area contributed by atoms with E-state index < -0.39 is 0 Å². The molecule has 0 radical (unpaired) electrons. The number of aliphatic imine (C=N–C) groups is 1. The van der Waals surface area contributed by atoms with Crippen LogP contribution in [0.1, 0.15) is 33.1 Å². The maximum Gasteiger partial charge on any atom is 0.193 e. The molecule has 0 spiro atoms. The Hall–Kier alpha value is -0.820. The Bertz CT molecular complexity index is 435. The van der Waals surface area contributed by atoms with E-state index in [1.807, 2.05) is 30.3 Å². The SMILES string of the molecule is CC1CCCCN1C(C)CN=C(N)Nc1ccccc1.I. The molecule has 1 aliphatic rings. The molecule has 3 N–H and O–H groups in total. The first-order chi connectivity index (χ1) is 9.66. The molecule has 0 aromatic heterocycles. The number of halogens is 1. The van der Waals surface area contributed by atoms with Crippen LogP contribution >= 0.6 is 24.0 Å². The van der Waals surface area contributed by atoms with E-state index in [0.29, 0.717) is 18.0 Å². The number of anilines is 1. The number of likely N-dealkylation sites (tertiary alicyclic amines) is 1. The van der Waals surface area contributed by atoms with Crippen molar-refractivity contribution in [3.05, 3.63) is 30.3 Å². The summed E-state index contributed by atoms with van der Waals surface area (Å²) < 4.78 is 0. The van der Waals surface area contributed by atoms with Crippen LogP contribution in [0.2, 0.25) is 0 Å². The summed E-state index contributed by atoms with van der Waals surface area (Å²) >= 11 is 0. The molecule has 5 heteroatoms. The smallest absolute Gasteiger partial charge is 0.193 e. The topological polar surface area (TPSA) is 53.6 Å². The minimum Gasteiger partial charge on any atom is -0.370 e. The summed E-state index contributed by atoms with van der Waals surface area (Å²) in [4.78, 5) is 7.02. The number of benzene rings is 1. The first kappa shape index (κ1) is 18.2. The molecule has 1 aromatic carbocycles. The lowest BCUT2D eigenvalue weighted by molar-refractivity contribution is 0.118. The summed E-state index contributed by atoms with van der Waals surface area (Å²) in [5.41, 5.74) is 6.92. The number of hydrogen-bond acceptors (Lipinski definition) is 2. The third kappa shape index (κ3) is 5.82. The van der Waals surface area contributed by atoms with Crippen LogP contribution in [0.3, 0.4) is 0 Å². The van der Waals surface area contributed by atoms with E-state index in [1.165, 1.54) is 25.8 Å². The molecular weight excluding hydrogens is 375 g/mol. The van der Waals surface area contributed by atoms with Crippen LogP contribution in [-0.4, -0.2) is 36.0 Å². The summed E-state index contributed by atoms with van der Waals surface area (Å²) in [5, 5.41) is 3.12. The van der Waals surface area contributed by atoms with Crippen molar-refractivity contribution in [2.75, 3.05) is 18.4 Å². The Kier molecular flexibility index (Phi) is 8.03. The van der Waals surface area contributed by atoms with Crippen LogP contribution in [0.25, 0.3) is 0 Å². The third-order valence-electron chi connectivity index (χ3n) is 3.99. The molecule has 1 heterocycles. The highest BCUT2D eigenvalue weighted by atomic mass is 127. The lowest BCUT2D eigenvalue weighted by atomic mass is 10.0. The molecule has 0 aliphatic carbocycles. The van der Waals surface area contributed by atoms with Crippen molar-refractivity contribution in [1.29, 1.82) is 0 Å². The first-order valence-corrected chi connectivity index (χ1v) is 7.54. The van der Waals surface area contributed by atoms with Crippen molar-refractivity contribution in [3.8, 4) is 0 Å². The van der Waals surface area contributed by atoms with Crippen molar-refractivity contribution >= 4 is 35.6 Å². The zero-order valence-corrected chi connectivity index (χ0v) is 15.3. The van der Waals surface area contributed by atoms with Gasteiger partial charge in [-0.2, -0.15) is 0 Å². The van der Waals surface area contributed by atoms with Crippen molar-refractivity contribution in [1.82, 2.24) is 4.90 Å². The predicted octanol–water partition coefficient (Wildman–Crippen LogP) is 3.29. The predicted molar refractivity (Wildman–Crippen MR) is 101 cm³/mol. The summed E-state index contributed by atoms with van der Waals surface area (Å²) in [6.45, 7) is 6.48. The molecule has 118 valence electrons. The van der Waals surface area contributed by atoms with Crippen LogP contribution in [0.5, 0.6) is 0 Å². The van der Waals surface area contributed by atoms with Gasteiger partial charge in [0.05, 0.1) is 6.54 Å². The van der Waals surface area contributed by atoms with Crippen LogP contribution in [0, 0.1) is 0 Å². The van der Waals surface area contributed by atoms with Gasteiger partial charge in [-0.05, 0) is 45.4 Å². The first-order valence-electron chi connectivity index (χ1n) is 7.54. The van der Waals surface area contributed by atoms with Gasteiger partial charge in [-0.25, -0.2) is 0 Å². The molecule has 1 aromatic rings. The Morgan fingerprint density at radius 1 is 1.38 bits per heavy atom. The van der Waals surface area contributed by atoms with Crippen LogP contribution in [0.4, 0.5) is 5.69 Å². The molecule has 2 rings (SSSR count). The maximum absolute atomic E-state index is 5.94. The van der Waals surface area contributed by atoms with Crippen LogP contribution < -0.4 is 11.1 Å². The van der Waals surface area contributed by atoms with Gasteiger partial charge >= 0.3 is 0 Å². The number of para-hydroxylation sites is 1. The Balaban J connectivity index is 0.00000220. The lowest BCUT2D eigenvalue weighted by Gasteiger charge is -2.37. The van der Waals surface area contributed by atoms with Gasteiger partial charge in [0, 0.05) is 17.8 Å². The fourth-order valence-corrected chi connectivity index (χ4v) is 2.82. The normalized spacial score (nSPS) is 21.4. The molecule has 4 nitrogen and oxygen atoms in total. The number of nitrogens with zero attached hydrogens (tertiary/aromatic N) is 2. The molecular formula is C16H27IN4. The molecule has 0 saturated carbocycles. The van der Waals surface area contributed by atoms with Crippen LogP contribution in [-0.2, 0) is 0 Å². The van der Waals surface area contributed by atoms with Crippen molar-refractivity contribution in [2.24, 2.45) is 10.7 Å². The van der Waals surface area contributed by atoms with Gasteiger partial charge in [-0.3, -0.25) is 9.89 Å². The number of nitrogens with two attached hydrogens (primary N) is 1. The summed E-state index contributed by atoms with van der Waals surface area (Å²) in [6.07, 6.45) is 3.95. The second-order valence-electron chi connectivity index (χ2n) is 5.65. The zero-order valence-electron chi connectivity index (χ0n) is 13.0. The average molecular weight is 402 g/mol. The van der Waals surface area contributed by atoms with Crippen molar-refractivity contribution in [2.45, 2.75) is 45.2 Å². The maximum atomic E-state index is 5.94. The highest BCUT2D eigenvalue weighted by Crippen LogP contribution is 2.19. The Morgan fingerprint density at radius 3 is 2.76 bits per heavy atom. The second kappa shape index (κ2) is 9.25. The number of guanidine groups is 1. The fourth-order valence-electron chi connectivity index (χ4n) is 2.82. The van der Waals surface area contributed by atoms with Crippen molar-refractivity contribution in [3.63, 3.8) is 0 Å². The molecule has 21 heavy (non-hydrogen) atoms. The number of hydrogen-bond donors (Lipinski definition) is 2. The van der Waals surface area contributed by atoms with E-state index >= 15 is 0 Å². The zero-order chi connectivity index (χ0) is 14.4.